The smallest absolute Gasteiger partial charge is 0.173 e. The van der Waals surface area contributed by atoms with Crippen LogP contribution in [-0.4, -0.2) is 29.1 Å². The van der Waals surface area contributed by atoms with Crippen LogP contribution in [-0.2, 0) is 0 Å². The standard InChI is InChI=1S/C10H16N4O/c1-7(2)14(3)10-8(9(11)13-15)5-4-6-12-10/h4-7,15H,1-3H3,(H2,11,13). The highest BCUT2D eigenvalue weighted by Crippen LogP contribution is 2.17. The van der Waals surface area contributed by atoms with E-state index in [2.05, 4.69) is 10.1 Å². The van der Waals surface area contributed by atoms with Crippen LogP contribution in [0.4, 0.5) is 5.82 Å². The third-order valence-corrected chi connectivity index (χ3v) is 2.28. The van der Waals surface area contributed by atoms with E-state index in [1.807, 2.05) is 25.8 Å². The summed E-state index contributed by atoms with van der Waals surface area (Å²) in [6, 6.07) is 3.83. The van der Waals surface area contributed by atoms with Crippen LogP contribution < -0.4 is 10.6 Å². The molecular formula is C10H16N4O. The lowest BCUT2D eigenvalue weighted by Crippen LogP contribution is -2.29. The van der Waals surface area contributed by atoms with E-state index in [0.29, 0.717) is 17.4 Å². The van der Waals surface area contributed by atoms with Gasteiger partial charge in [0, 0.05) is 19.3 Å². The minimum absolute atomic E-state index is 0.0746. The lowest BCUT2D eigenvalue weighted by Gasteiger charge is -2.24. The van der Waals surface area contributed by atoms with E-state index in [1.54, 1.807) is 18.3 Å². The van der Waals surface area contributed by atoms with Crippen LogP contribution in [0.25, 0.3) is 0 Å². The molecule has 0 atom stereocenters. The van der Waals surface area contributed by atoms with Crippen molar-refractivity contribution in [2.24, 2.45) is 10.9 Å². The Morgan fingerprint density at radius 3 is 2.80 bits per heavy atom. The van der Waals surface area contributed by atoms with Crippen LogP contribution >= 0.6 is 0 Å². The topological polar surface area (TPSA) is 74.7 Å². The average Bonchev–Trinajstić information content (AvgIpc) is 2.27. The second kappa shape index (κ2) is 4.63. The van der Waals surface area contributed by atoms with Crippen molar-refractivity contribution >= 4 is 11.7 Å². The number of pyridine rings is 1. The average molecular weight is 208 g/mol. The van der Waals surface area contributed by atoms with Gasteiger partial charge in [0.05, 0.1) is 5.56 Å². The molecule has 0 unspecified atom stereocenters. The maximum atomic E-state index is 8.65. The first kappa shape index (κ1) is 11.3. The molecular weight excluding hydrogens is 192 g/mol. The first-order valence-corrected chi connectivity index (χ1v) is 4.73. The predicted octanol–water partition coefficient (Wildman–Crippen LogP) is 1.02. The van der Waals surface area contributed by atoms with E-state index >= 15 is 0 Å². The van der Waals surface area contributed by atoms with Crippen LogP contribution in [0.1, 0.15) is 19.4 Å². The number of amidine groups is 1. The minimum atomic E-state index is 0.0746. The molecule has 1 aromatic rings. The molecule has 15 heavy (non-hydrogen) atoms. The Hall–Kier alpha value is -1.78. The van der Waals surface area contributed by atoms with Gasteiger partial charge in [0.25, 0.3) is 0 Å². The van der Waals surface area contributed by atoms with Crippen molar-refractivity contribution in [2.45, 2.75) is 19.9 Å². The molecule has 0 radical (unpaired) electrons. The van der Waals surface area contributed by atoms with E-state index in [9.17, 15) is 0 Å². The molecule has 1 rings (SSSR count). The molecule has 0 aliphatic carbocycles. The first-order chi connectivity index (χ1) is 7.07. The zero-order valence-electron chi connectivity index (χ0n) is 9.18. The van der Waals surface area contributed by atoms with Crippen LogP contribution in [0.5, 0.6) is 0 Å². The summed E-state index contributed by atoms with van der Waals surface area (Å²) in [4.78, 5) is 6.19. The summed E-state index contributed by atoms with van der Waals surface area (Å²) in [5.41, 5.74) is 6.20. The van der Waals surface area contributed by atoms with Crippen molar-refractivity contribution in [3.8, 4) is 0 Å². The third-order valence-electron chi connectivity index (χ3n) is 2.28. The Morgan fingerprint density at radius 1 is 1.60 bits per heavy atom. The van der Waals surface area contributed by atoms with Crippen LogP contribution in [0.3, 0.4) is 0 Å². The molecule has 1 heterocycles. The molecule has 5 nitrogen and oxygen atoms in total. The number of hydrogen-bond acceptors (Lipinski definition) is 4. The molecule has 5 heteroatoms. The largest absolute Gasteiger partial charge is 0.409 e. The van der Waals surface area contributed by atoms with Gasteiger partial charge < -0.3 is 15.8 Å². The highest BCUT2D eigenvalue weighted by molar-refractivity contribution is 6.01. The SMILES string of the molecule is CC(C)N(C)c1ncccc1/C(N)=N/O. The zero-order valence-corrected chi connectivity index (χ0v) is 9.18. The molecule has 0 spiro atoms. The van der Waals surface area contributed by atoms with Crippen LogP contribution in [0.2, 0.25) is 0 Å². The van der Waals surface area contributed by atoms with Crippen molar-refractivity contribution in [2.75, 3.05) is 11.9 Å². The molecule has 3 N–H and O–H groups in total. The molecule has 0 aliphatic heterocycles. The van der Waals surface area contributed by atoms with Crippen molar-refractivity contribution in [3.05, 3.63) is 23.9 Å². The number of nitrogens with two attached hydrogens (primary N) is 1. The fourth-order valence-electron chi connectivity index (χ4n) is 1.18. The number of hydrogen-bond donors (Lipinski definition) is 2. The molecule has 0 amide bonds. The molecule has 0 saturated carbocycles. The van der Waals surface area contributed by atoms with Crippen LogP contribution in [0, 0.1) is 0 Å². The third kappa shape index (κ3) is 2.37. The summed E-state index contributed by atoms with van der Waals surface area (Å²) < 4.78 is 0. The van der Waals surface area contributed by atoms with E-state index in [0.717, 1.165) is 0 Å². The fourth-order valence-corrected chi connectivity index (χ4v) is 1.18. The number of aromatic nitrogens is 1. The summed E-state index contributed by atoms with van der Waals surface area (Å²) >= 11 is 0. The quantitative estimate of drug-likeness (QED) is 0.336. The van der Waals surface area contributed by atoms with Gasteiger partial charge in [-0.1, -0.05) is 5.16 Å². The van der Waals surface area contributed by atoms with E-state index < -0.39 is 0 Å². The summed E-state index contributed by atoms with van der Waals surface area (Å²) in [6.45, 7) is 4.09. The Morgan fingerprint density at radius 2 is 2.27 bits per heavy atom. The van der Waals surface area contributed by atoms with E-state index in [-0.39, 0.29) is 5.84 Å². The molecule has 1 aromatic heterocycles. The first-order valence-electron chi connectivity index (χ1n) is 4.73. The van der Waals surface area contributed by atoms with Gasteiger partial charge in [-0.15, -0.1) is 0 Å². The Labute approximate surface area is 89.2 Å². The second-order valence-corrected chi connectivity index (χ2v) is 3.56. The minimum Gasteiger partial charge on any atom is -0.409 e. The van der Waals surface area contributed by atoms with Crippen molar-refractivity contribution in [1.29, 1.82) is 0 Å². The molecule has 0 fully saturated rings. The number of anilines is 1. The highest BCUT2D eigenvalue weighted by Gasteiger charge is 2.13. The van der Waals surface area contributed by atoms with E-state index in [4.69, 9.17) is 10.9 Å². The lowest BCUT2D eigenvalue weighted by atomic mass is 10.2. The van der Waals surface area contributed by atoms with Crippen molar-refractivity contribution < 1.29 is 5.21 Å². The Balaban J connectivity index is 3.18. The fraction of sp³-hybridized carbons (Fsp3) is 0.400. The van der Waals surface area contributed by atoms with Gasteiger partial charge in [0.15, 0.2) is 5.84 Å². The Bertz CT molecular complexity index is 362. The Kier molecular flexibility index (Phi) is 3.49. The predicted molar refractivity (Wildman–Crippen MR) is 60.3 cm³/mol. The molecule has 0 bridgehead atoms. The lowest BCUT2D eigenvalue weighted by molar-refractivity contribution is 0.318. The second-order valence-electron chi connectivity index (χ2n) is 3.56. The van der Waals surface area contributed by atoms with Crippen LogP contribution in [0.15, 0.2) is 23.5 Å². The van der Waals surface area contributed by atoms with Crippen molar-refractivity contribution in [3.63, 3.8) is 0 Å². The van der Waals surface area contributed by atoms with Gasteiger partial charge in [-0.2, -0.15) is 0 Å². The monoisotopic (exact) mass is 208 g/mol. The maximum absolute atomic E-state index is 8.65. The number of nitrogens with zero attached hydrogens (tertiary/aromatic N) is 3. The van der Waals surface area contributed by atoms with Gasteiger partial charge in [-0.3, -0.25) is 0 Å². The zero-order chi connectivity index (χ0) is 11.4. The highest BCUT2D eigenvalue weighted by atomic mass is 16.4. The van der Waals surface area contributed by atoms with E-state index in [1.165, 1.54) is 0 Å². The summed E-state index contributed by atoms with van der Waals surface area (Å²) in [5, 5.41) is 11.6. The molecule has 0 aromatic carbocycles. The molecule has 0 saturated heterocycles. The van der Waals surface area contributed by atoms with Gasteiger partial charge >= 0.3 is 0 Å². The summed E-state index contributed by atoms with van der Waals surface area (Å²) in [5.74, 6) is 0.786. The summed E-state index contributed by atoms with van der Waals surface area (Å²) in [7, 11) is 1.92. The van der Waals surface area contributed by atoms with Gasteiger partial charge in [-0.05, 0) is 26.0 Å². The normalized spacial score (nSPS) is 11.9. The van der Waals surface area contributed by atoms with Gasteiger partial charge in [-0.25, -0.2) is 4.98 Å². The van der Waals surface area contributed by atoms with Crippen molar-refractivity contribution in [1.82, 2.24) is 4.98 Å². The molecule has 0 aliphatic rings. The maximum Gasteiger partial charge on any atom is 0.173 e. The van der Waals surface area contributed by atoms with Gasteiger partial charge in [0.1, 0.15) is 5.82 Å². The van der Waals surface area contributed by atoms with Gasteiger partial charge in [0.2, 0.25) is 0 Å². The number of rotatable bonds is 3. The molecule has 82 valence electrons. The number of oxime groups is 1. The summed E-state index contributed by atoms with van der Waals surface area (Å²) in [6.07, 6.45) is 1.68.